The molecular formula is C57H105CrSi6. The van der Waals surface area contributed by atoms with Gasteiger partial charge in [0.15, 0.2) is 0 Å². The molecule has 0 aliphatic heterocycles. The normalized spacial score (nSPS) is 13.4. The van der Waals surface area contributed by atoms with Crippen LogP contribution >= 0.6 is 0 Å². The van der Waals surface area contributed by atoms with Gasteiger partial charge in [-0.3, -0.25) is 0 Å². The molecule has 363 valence electrons. The third-order valence-electron chi connectivity index (χ3n) is 20.0. The topological polar surface area (TPSA) is 0 Å². The van der Waals surface area contributed by atoms with Crippen LogP contribution in [0.4, 0.5) is 0 Å². The van der Waals surface area contributed by atoms with Crippen molar-refractivity contribution in [3.05, 3.63) is 71.3 Å². The zero-order chi connectivity index (χ0) is 48.0. The number of rotatable bonds is 30. The van der Waals surface area contributed by atoms with Gasteiger partial charge in [-0.15, -0.1) is 0 Å². The van der Waals surface area contributed by atoms with Gasteiger partial charge in [0.2, 0.25) is 0 Å². The Bertz CT molecular complexity index is 1580. The van der Waals surface area contributed by atoms with Crippen LogP contribution in [0.5, 0.6) is 0 Å². The summed E-state index contributed by atoms with van der Waals surface area (Å²) >= 11 is -1.30. The summed E-state index contributed by atoms with van der Waals surface area (Å²) in [5.41, 5.74) is 5.53. The van der Waals surface area contributed by atoms with Crippen molar-refractivity contribution >= 4 is 79.6 Å². The Hall–Kier alpha value is -0.506. The molecule has 0 spiro atoms. The van der Waals surface area contributed by atoms with Gasteiger partial charge in [0.05, 0.1) is 0 Å². The van der Waals surface area contributed by atoms with Crippen LogP contribution in [-0.4, -0.2) is 48.4 Å². The molecule has 3 rings (SSSR count). The van der Waals surface area contributed by atoms with E-state index in [-0.39, 0.29) is 0 Å². The first-order chi connectivity index (χ1) is 30.7. The molecule has 0 aromatic heterocycles. The predicted octanol–water partition coefficient (Wildman–Crippen LogP) is 15.5. The van der Waals surface area contributed by atoms with E-state index in [2.05, 4.69) is 179 Å². The molecule has 0 amide bonds. The second-order valence-electron chi connectivity index (χ2n) is 20.6. The SMILES string of the molecule is CC[Si](CC)(CC)c1cccc([CH2][Cr]([CH2]c2cccc([Si](CC)(CC)CC)c2[Si](CC)(CC)CC)[CH2]c2cccc([Si](CC)(CC)CC)c2[Si](CC)(CC)CC)c1[Si](CC)(CC)CC. The van der Waals surface area contributed by atoms with E-state index >= 15 is 0 Å². The van der Waals surface area contributed by atoms with Crippen LogP contribution in [-0.2, 0) is 30.0 Å². The first-order valence-corrected chi connectivity index (χ1v) is 46.2. The third-order valence-corrected chi connectivity index (χ3v) is 58.1. The molecule has 0 fully saturated rings. The molecule has 7 heteroatoms. The Morgan fingerprint density at radius 2 is 0.422 bits per heavy atom. The van der Waals surface area contributed by atoms with Crippen molar-refractivity contribution in [1.29, 1.82) is 0 Å². The number of hydrogen-bond donors (Lipinski definition) is 0. The van der Waals surface area contributed by atoms with Crippen molar-refractivity contribution in [3.8, 4) is 0 Å². The molecule has 0 heterocycles. The maximum atomic E-state index is 2.73. The molecule has 3 aromatic rings. The van der Waals surface area contributed by atoms with Crippen molar-refractivity contribution < 1.29 is 14.1 Å². The van der Waals surface area contributed by atoms with Gasteiger partial charge < -0.3 is 0 Å². The van der Waals surface area contributed by atoms with E-state index in [1.807, 2.05) is 47.8 Å². The van der Waals surface area contributed by atoms with Crippen LogP contribution in [0.3, 0.4) is 0 Å². The molecular weight excluding hydrogens is 905 g/mol. The van der Waals surface area contributed by atoms with E-state index in [0.29, 0.717) is 0 Å². The molecule has 0 bridgehead atoms. The number of hydrogen-bond acceptors (Lipinski definition) is 0. The van der Waals surface area contributed by atoms with Gasteiger partial charge in [-0.05, 0) is 0 Å². The molecule has 64 heavy (non-hydrogen) atoms. The number of benzene rings is 3. The van der Waals surface area contributed by atoms with Crippen molar-refractivity contribution in [1.82, 2.24) is 0 Å². The first-order valence-electron chi connectivity index (χ1n) is 27.8. The minimum absolute atomic E-state index is 1.30. The summed E-state index contributed by atoms with van der Waals surface area (Å²) < 4.78 is 0. The summed E-state index contributed by atoms with van der Waals surface area (Å²) in [6, 6.07) is 49.0. The minimum atomic E-state index is -1.73. The molecule has 0 radical (unpaired) electrons. The third kappa shape index (κ3) is 10.9. The van der Waals surface area contributed by atoms with Crippen molar-refractivity contribution in [2.75, 3.05) is 0 Å². The molecule has 0 saturated carbocycles. The summed E-state index contributed by atoms with van der Waals surface area (Å²) in [6.07, 6.45) is 0. The molecule has 0 unspecified atom stereocenters. The van der Waals surface area contributed by atoms with Crippen LogP contribution in [0.15, 0.2) is 54.6 Å². The summed E-state index contributed by atoms with van der Waals surface area (Å²) in [6.45, 7) is 46.5. The monoisotopic (exact) mass is 1010 g/mol. The Morgan fingerprint density at radius 1 is 0.250 bits per heavy atom. The second-order valence-corrected chi connectivity index (χ2v) is 55.1. The van der Waals surface area contributed by atoms with E-state index in [9.17, 15) is 0 Å². The average Bonchev–Trinajstić information content (AvgIpc) is 3.35. The van der Waals surface area contributed by atoms with Crippen molar-refractivity contribution in [2.45, 2.75) is 249 Å². The van der Waals surface area contributed by atoms with E-state index < -0.39 is 62.6 Å². The van der Waals surface area contributed by atoms with Crippen molar-refractivity contribution in [2.24, 2.45) is 0 Å². The fourth-order valence-corrected chi connectivity index (χ4v) is 46.6. The van der Waals surface area contributed by atoms with Gasteiger partial charge >= 0.3 is 414 Å². The van der Waals surface area contributed by atoms with Gasteiger partial charge in [-0.2, -0.15) is 0 Å². The van der Waals surface area contributed by atoms with Gasteiger partial charge in [0.1, 0.15) is 0 Å². The Labute approximate surface area is 411 Å². The standard InChI is InChI=1S/3C19H35Si2.Cr/c3*1-8-20(9-2,10-3)18-16-14-15-17(7)19(18)21(11-4,12-5)13-6;/h3*14-16H,7-13H2,1-6H3;. The van der Waals surface area contributed by atoms with Crippen LogP contribution in [0, 0.1) is 0 Å². The molecule has 0 aliphatic carbocycles. The molecule has 0 nitrogen and oxygen atoms in total. The fourth-order valence-electron chi connectivity index (χ4n) is 14.0. The average molecular weight is 1010 g/mol. The van der Waals surface area contributed by atoms with Crippen LogP contribution in [0.25, 0.3) is 0 Å². The van der Waals surface area contributed by atoms with Gasteiger partial charge in [0.25, 0.3) is 0 Å². The second kappa shape index (κ2) is 25.9. The molecule has 3 aromatic carbocycles. The van der Waals surface area contributed by atoms with E-state index in [4.69, 9.17) is 0 Å². The molecule has 0 N–H and O–H groups in total. The zero-order valence-corrected chi connectivity index (χ0v) is 53.2. The quantitative estimate of drug-likeness (QED) is 0.0584. The molecule has 0 atom stereocenters. The summed E-state index contributed by atoms with van der Waals surface area (Å²) in [5, 5.41) is 15.8. The van der Waals surface area contributed by atoms with Crippen molar-refractivity contribution in [3.63, 3.8) is 0 Å². The zero-order valence-electron chi connectivity index (χ0n) is 46.0. The molecule has 0 aliphatic rings. The fraction of sp³-hybridized carbons (Fsp3) is 0.684. The van der Waals surface area contributed by atoms with E-state index in [1.54, 1.807) is 0 Å². The summed E-state index contributed by atoms with van der Waals surface area (Å²) in [7, 11) is -10.1. The van der Waals surface area contributed by atoms with Gasteiger partial charge in [-0.1, -0.05) is 0 Å². The van der Waals surface area contributed by atoms with E-state index in [0.717, 1.165) is 0 Å². The molecule has 0 saturated heterocycles. The Morgan fingerprint density at radius 3 is 0.578 bits per heavy atom. The maximum absolute atomic E-state index is 2.73. The van der Waals surface area contributed by atoms with Crippen LogP contribution < -0.4 is 31.1 Å². The predicted molar refractivity (Wildman–Crippen MR) is 311 cm³/mol. The van der Waals surface area contributed by atoms with E-state index in [1.165, 1.54) is 125 Å². The Balaban J connectivity index is 2.67. The summed E-state index contributed by atoms with van der Waals surface area (Å²) in [5.74, 6) is 0. The van der Waals surface area contributed by atoms with Gasteiger partial charge in [0, 0.05) is 0 Å². The van der Waals surface area contributed by atoms with Crippen LogP contribution in [0.2, 0.25) is 109 Å². The van der Waals surface area contributed by atoms with Crippen LogP contribution in [0.1, 0.15) is 141 Å². The Kier molecular flexibility index (Phi) is 23.4. The van der Waals surface area contributed by atoms with Gasteiger partial charge in [-0.25, -0.2) is 0 Å². The summed E-state index contributed by atoms with van der Waals surface area (Å²) in [4.78, 5) is 0. The first kappa shape index (κ1) is 57.8.